The van der Waals surface area contributed by atoms with Crippen LogP contribution in [0.25, 0.3) is 6.08 Å². The van der Waals surface area contributed by atoms with Crippen molar-refractivity contribution in [1.29, 1.82) is 5.26 Å². The predicted molar refractivity (Wildman–Crippen MR) is 154 cm³/mol. The topological polar surface area (TPSA) is 51.9 Å². The molecule has 0 spiro atoms. The molecule has 0 N–H and O–H groups in total. The van der Waals surface area contributed by atoms with Crippen LogP contribution in [0.3, 0.4) is 0 Å². The maximum atomic E-state index is 9.05. The molecule has 0 saturated carbocycles. The largest absolute Gasteiger partial charge is 0.387 e. The molecule has 2 atom stereocenters. The summed E-state index contributed by atoms with van der Waals surface area (Å²) in [6.45, 7) is 4.26. The molecule has 38 heavy (non-hydrogen) atoms. The fourth-order valence-electron chi connectivity index (χ4n) is 5.78. The molecule has 0 aromatic heterocycles. The number of piperidine rings is 1. The summed E-state index contributed by atoms with van der Waals surface area (Å²) in [5, 5.41) is 13.7. The monoisotopic (exact) mass is 506 g/mol. The first kappa shape index (κ1) is 26.2. The van der Waals surface area contributed by atoms with Crippen LogP contribution in [0, 0.1) is 23.2 Å². The lowest BCUT2D eigenvalue weighted by Gasteiger charge is -2.32. The SMILES string of the molecule is CN(C)CC1=C(/C=C/c2ccc(C#N)cc2)C=CC2C(CCC3CCN(Cc4ccccc4)CC3)=NOC12. The number of likely N-dealkylation sites (tertiary alicyclic amines) is 1. The molecule has 2 aromatic rings. The molecule has 5 nitrogen and oxygen atoms in total. The zero-order valence-corrected chi connectivity index (χ0v) is 22.6. The second-order valence-corrected chi connectivity index (χ2v) is 11.0. The summed E-state index contributed by atoms with van der Waals surface area (Å²) in [6.07, 6.45) is 13.5. The highest BCUT2D eigenvalue weighted by atomic mass is 16.6. The summed E-state index contributed by atoms with van der Waals surface area (Å²) in [4.78, 5) is 10.9. The summed E-state index contributed by atoms with van der Waals surface area (Å²) in [6, 6.07) is 20.7. The minimum atomic E-state index is -0.0225. The van der Waals surface area contributed by atoms with Gasteiger partial charge in [0.1, 0.15) is 0 Å². The Bertz CT molecular complexity index is 1240. The molecule has 5 heteroatoms. The van der Waals surface area contributed by atoms with Crippen LogP contribution in [0.1, 0.15) is 42.4 Å². The van der Waals surface area contributed by atoms with Gasteiger partial charge in [0.2, 0.25) is 0 Å². The van der Waals surface area contributed by atoms with E-state index >= 15 is 0 Å². The smallest absolute Gasteiger partial charge is 0.162 e. The maximum absolute atomic E-state index is 9.05. The normalized spacial score (nSPS) is 22.0. The summed E-state index contributed by atoms with van der Waals surface area (Å²) < 4.78 is 0. The van der Waals surface area contributed by atoms with Crippen molar-refractivity contribution in [3.05, 3.63) is 101 Å². The third kappa shape index (κ3) is 6.51. The van der Waals surface area contributed by atoms with E-state index in [-0.39, 0.29) is 12.0 Å². The fraction of sp³-hybridized carbons (Fsp3) is 0.394. The van der Waals surface area contributed by atoms with Crippen molar-refractivity contribution < 1.29 is 4.84 Å². The van der Waals surface area contributed by atoms with Crippen molar-refractivity contribution in [3.8, 4) is 6.07 Å². The summed E-state index contributed by atoms with van der Waals surface area (Å²) in [5.41, 5.74) is 6.83. The van der Waals surface area contributed by atoms with Crippen LogP contribution >= 0.6 is 0 Å². The maximum Gasteiger partial charge on any atom is 0.162 e. The van der Waals surface area contributed by atoms with Gasteiger partial charge < -0.3 is 9.74 Å². The number of hydrogen-bond donors (Lipinski definition) is 0. The van der Waals surface area contributed by atoms with Crippen molar-refractivity contribution >= 4 is 11.8 Å². The number of hydrogen-bond acceptors (Lipinski definition) is 5. The lowest BCUT2D eigenvalue weighted by Crippen LogP contribution is -2.34. The van der Waals surface area contributed by atoms with E-state index in [1.54, 1.807) is 0 Å². The number of fused-ring (bicyclic) bond motifs is 1. The van der Waals surface area contributed by atoms with E-state index in [4.69, 9.17) is 10.1 Å². The molecular weight excluding hydrogens is 468 g/mol. The zero-order valence-electron chi connectivity index (χ0n) is 22.6. The van der Waals surface area contributed by atoms with E-state index in [2.05, 4.69) is 89.8 Å². The van der Waals surface area contributed by atoms with Gasteiger partial charge in [-0.3, -0.25) is 4.90 Å². The number of allylic oxidation sites excluding steroid dienone is 3. The average Bonchev–Trinajstić information content (AvgIpc) is 3.36. The number of benzene rings is 2. The van der Waals surface area contributed by atoms with Gasteiger partial charge in [-0.15, -0.1) is 0 Å². The van der Waals surface area contributed by atoms with Crippen LogP contribution in [-0.2, 0) is 11.4 Å². The third-order valence-electron chi connectivity index (χ3n) is 7.94. The van der Waals surface area contributed by atoms with Crippen molar-refractivity contribution in [3.63, 3.8) is 0 Å². The van der Waals surface area contributed by atoms with Gasteiger partial charge in [0.05, 0.1) is 23.3 Å². The van der Waals surface area contributed by atoms with E-state index < -0.39 is 0 Å². The summed E-state index contributed by atoms with van der Waals surface area (Å²) in [5.74, 6) is 0.995. The molecule has 2 heterocycles. The zero-order chi connectivity index (χ0) is 26.3. The van der Waals surface area contributed by atoms with Crippen molar-refractivity contribution in [2.75, 3.05) is 33.7 Å². The first-order valence-corrected chi connectivity index (χ1v) is 13.8. The van der Waals surface area contributed by atoms with E-state index in [1.165, 1.54) is 54.8 Å². The molecule has 1 saturated heterocycles. The second-order valence-electron chi connectivity index (χ2n) is 11.0. The van der Waals surface area contributed by atoms with E-state index in [1.807, 2.05) is 24.3 Å². The first-order chi connectivity index (χ1) is 18.6. The molecule has 0 amide bonds. The third-order valence-corrected chi connectivity index (χ3v) is 7.94. The molecule has 2 aliphatic heterocycles. The quantitative estimate of drug-likeness (QED) is 0.415. The van der Waals surface area contributed by atoms with Crippen molar-refractivity contribution in [1.82, 2.24) is 9.80 Å². The Morgan fingerprint density at radius 3 is 2.53 bits per heavy atom. The fourth-order valence-corrected chi connectivity index (χ4v) is 5.78. The van der Waals surface area contributed by atoms with E-state index in [9.17, 15) is 0 Å². The van der Waals surface area contributed by atoms with Gasteiger partial charge in [-0.05, 0) is 93.2 Å². The highest BCUT2D eigenvalue weighted by Gasteiger charge is 2.38. The molecule has 2 aromatic carbocycles. The van der Waals surface area contributed by atoms with Crippen LogP contribution in [0.2, 0.25) is 0 Å². The molecule has 5 rings (SSSR count). The summed E-state index contributed by atoms with van der Waals surface area (Å²) in [7, 11) is 4.20. The molecule has 196 valence electrons. The van der Waals surface area contributed by atoms with Crippen LogP contribution in [-0.4, -0.2) is 55.3 Å². The van der Waals surface area contributed by atoms with Crippen LogP contribution in [0.15, 0.2) is 89.1 Å². The molecular formula is C33H38N4O. The minimum Gasteiger partial charge on any atom is -0.387 e. The minimum absolute atomic E-state index is 0.0225. The van der Waals surface area contributed by atoms with Gasteiger partial charge in [0.25, 0.3) is 0 Å². The molecule has 1 aliphatic carbocycles. The lowest BCUT2D eigenvalue weighted by molar-refractivity contribution is 0.0912. The Labute approximate surface area is 227 Å². The summed E-state index contributed by atoms with van der Waals surface area (Å²) >= 11 is 0. The van der Waals surface area contributed by atoms with Gasteiger partial charge in [-0.2, -0.15) is 5.26 Å². The Kier molecular flexibility index (Phi) is 8.53. The number of likely N-dealkylation sites (N-methyl/N-ethyl adjacent to an activating group) is 1. The number of nitriles is 1. The van der Waals surface area contributed by atoms with Gasteiger partial charge in [-0.1, -0.05) is 71.9 Å². The molecule has 0 radical (unpaired) electrons. The van der Waals surface area contributed by atoms with Gasteiger partial charge in [0, 0.05) is 13.1 Å². The van der Waals surface area contributed by atoms with Crippen molar-refractivity contribution in [2.24, 2.45) is 17.0 Å². The van der Waals surface area contributed by atoms with Gasteiger partial charge in [-0.25, -0.2) is 0 Å². The Morgan fingerprint density at radius 1 is 1.05 bits per heavy atom. The molecule has 1 fully saturated rings. The van der Waals surface area contributed by atoms with Crippen LogP contribution < -0.4 is 0 Å². The average molecular weight is 507 g/mol. The van der Waals surface area contributed by atoms with E-state index in [0.717, 1.165) is 31.0 Å². The molecule has 3 aliphatic rings. The van der Waals surface area contributed by atoms with Crippen molar-refractivity contribution in [2.45, 2.75) is 38.3 Å². The van der Waals surface area contributed by atoms with E-state index in [0.29, 0.717) is 5.56 Å². The Hall–Kier alpha value is -3.46. The first-order valence-electron chi connectivity index (χ1n) is 13.8. The Morgan fingerprint density at radius 2 is 1.82 bits per heavy atom. The number of rotatable bonds is 9. The predicted octanol–water partition coefficient (Wildman–Crippen LogP) is 6.06. The standard InChI is InChI=1S/C33H38N4O/c1-36(2)24-31-29(14-12-25-8-10-27(22-34)11-9-25)15-16-30-32(35-38-33(30)31)17-13-26-18-20-37(21-19-26)23-28-6-4-3-5-7-28/h3-12,14-16,26,30,33H,13,17-21,23-24H2,1-2H3/b14-12+. The lowest BCUT2D eigenvalue weighted by atomic mass is 9.81. The highest BCUT2D eigenvalue weighted by molar-refractivity contribution is 5.90. The number of nitrogens with zero attached hydrogens (tertiary/aromatic N) is 4. The second kappa shape index (κ2) is 12.4. The molecule has 2 unspecified atom stereocenters. The highest BCUT2D eigenvalue weighted by Crippen LogP contribution is 2.36. The van der Waals surface area contributed by atoms with Crippen LogP contribution in [0.4, 0.5) is 0 Å². The number of oxime groups is 1. The molecule has 0 bridgehead atoms. The van der Waals surface area contributed by atoms with Gasteiger partial charge in [0.15, 0.2) is 6.10 Å². The van der Waals surface area contributed by atoms with Crippen LogP contribution in [0.5, 0.6) is 0 Å². The Balaban J connectivity index is 1.17. The van der Waals surface area contributed by atoms with Gasteiger partial charge >= 0.3 is 0 Å².